The molecule has 1 N–H and O–H groups in total. The van der Waals surface area contributed by atoms with Crippen LogP contribution in [-0.2, 0) is 4.79 Å². The van der Waals surface area contributed by atoms with Gasteiger partial charge in [0.2, 0.25) is 5.91 Å². The van der Waals surface area contributed by atoms with Crippen LogP contribution in [0.15, 0.2) is 0 Å². The first-order chi connectivity index (χ1) is 6.72. The average Bonchev–Trinajstić information content (AvgIpc) is 3.04. The van der Waals surface area contributed by atoms with E-state index in [-0.39, 0.29) is 11.8 Å². The third-order valence-corrected chi connectivity index (χ3v) is 3.71. The lowest BCUT2D eigenvalue weighted by Gasteiger charge is -2.19. The lowest BCUT2D eigenvalue weighted by Crippen LogP contribution is -2.41. The number of carbonyl (C=O) groups excluding carboxylic acids is 1. The summed E-state index contributed by atoms with van der Waals surface area (Å²) in [6.45, 7) is 1.89. The molecular formula is C11H18ClNO. The summed E-state index contributed by atoms with van der Waals surface area (Å²) in [4.78, 5) is 11.7. The summed E-state index contributed by atoms with van der Waals surface area (Å²) in [7, 11) is 0. The van der Waals surface area contributed by atoms with Crippen LogP contribution in [-0.4, -0.2) is 17.8 Å². The SMILES string of the molecule is CC(CCl)C(=O)NC(C1CC1)C1CC1. The highest BCUT2D eigenvalue weighted by molar-refractivity contribution is 6.19. The molecule has 3 heteroatoms. The predicted octanol–water partition coefficient (Wildman–Crippen LogP) is 2.17. The molecule has 2 nitrogen and oxygen atoms in total. The normalized spacial score (nSPS) is 23.6. The van der Waals surface area contributed by atoms with Crippen LogP contribution in [0.1, 0.15) is 32.6 Å². The van der Waals surface area contributed by atoms with Gasteiger partial charge < -0.3 is 5.32 Å². The minimum atomic E-state index is -0.0448. The van der Waals surface area contributed by atoms with Gasteiger partial charge in [-0.05, 0) is 37.5 Å². The molecule has 0 heterocycles. The van der Waals surface area contributed by atoms with Crippen molar-refractivity contribution >= 4 is 17.5 Å². The Morgan fingerprint density at radius 3 is 2.21 bits per heavy atom. The summed E-state index contributed by atoms with van der Waals surface area (Å²) in [5.41, 5.74) is 0. The molecule has 2 saturated carbocycles. The molecule has 80 valence electrons. The van der Waals surface area contributed by atoms with Crippen LogP contribution < -0.4 is 5.32 Å². The van der Waals surface area contributed by atoms with Crippen molar-refractivity contribution in [3.63, 3.8) is 0 Å². The Morgan fingerprint density at radius 2 is 1.86 bits per heavy atom. The second kappa shape index (κ2) is 4.09. The monoisotopic (exact) mass is 215 g/mol. The molecule has 0 aliphatic heterocycles. The summed E-state index contributed by atoms with van der Waals surface area (Å²) in [6, 6.07) is 0.466. The van der Waals surface area contributed by atoms with Crippen molar-refractivity contribution < 1.29 is 4.79 Å². The fourth-order valence-corrected chi connectivity index (χ4v) is 2.05. The molecule has 2 aliphatic carbocycles. The lowest BCUT2D eigenvalue weighted by atomic mass is 10.1. The first-order valence-electron chi connectivity index (χ1n) is 5.58. The molecule has 14 heavy (non-hydrogen) atoms. The Hall–Kier alpha value is -0.240. The van der Waals surface area contributed by atoms with E-state index in [1.807, 2.05) is 6.92 Å². The van der Waals surface area contributed by atoms with E-state index in [9.17, 15) is 4.79 Å². The Labute approximate surface area is 90.4 Å². The number of hydrogen-bond donors (Lipinski definition) is 1. The molecule has 1 unspecified atom stereocenters. The zero-order valence-corrected chi connectivity index (χ0v) is 9.39. The molecule has 0 spiro atoms. The number of amides is 1. The van der Waals surface area contributed by atoms with Crippen LogP contribution in [0, 0.1) is 17.8 Å². The summed E-state index contributed by atoms with van der Waals surface area (Å²) in [5.74, 6) is 2.07. The summed E-state index contributed by atoms with van der Waals surface area (Å²) in [6.07, 6.45) is 5.21. The van der Waals surface area contributed by atoms with Crippen LogP contribution in [0.25, 0.3) is 0 Å². The van der Waals surface area contributed by atoms with Gasteiger partial charge in [0.25, 0.3) is 0 Å². The van der Waals surface area contributed by atoms with Crippen molar-refractivity contribution in [1.29, 1.82) is 0 Å². The van der Waals surface area contributed by atoms with Gasteiger partial charge in [0.1, 0.15) is 0 Å². The zero-order valence-electron chi connectivity index (χ0n) is 8.63. The summed E-state index contributed by atoms with van der Waals surface area (Å²) >= 11 is 5.66. The van der Waals surface area contributed by atoms with Crippen molar-refractivity contribution in [1.82, 2.24) is 5.32 Å². The van der Waals surface area contributed by atoms with Crippen LogP contribution in [0.2, 0.25) is 0 Å². The van der Waals surface area contributed by atoms with Crippen molar-refractivity contribution in [2.24, 2.45) is 17.8 Å². The van der Waals surface area contributed by atoms with Gasteiger partial charge in [-0.25, -0.2) is 0 Å². The van der Waals surface area contributed by atoms with Gasteiger partial charge in [0.05, 0.1) is 0 Å². The maximum absolute atomic E-state index is 11.7. The summed E-state index contributed by atoms with van der Waals surface area (Å²) < 4.78 is 0. The minimum absolute atomic E-state index is 0.0448. The fourth-order valence-electron chi connectivity index (χ4n) is 1.91. The lowest BCUT2D eigenvalue weighted by molar-refractivity contribution is -0.124. The van der Waals surface area contributed by atoms with Gasteiger partial charge in [-0.15, -0.1) is 11.6 Å². The molecule has 0 aromatic heterocycles. The minimum Gasteiger partial charge on any atom is -0.353 e. The van der Waals surface area contributed by atoms with E-state index in [4.69, 9.17) is 11.6 Å². The van der Waals surface area contributed by atoms with Crippen LogP contribution in [0.5, 0.6) is 0 Å². The quantitative estimate of drug-likeness (QED) is 0.700. The number of alkyl halides is 1. The van der Waals surface area contributed by atoms with Gasteiger partial charge in [-0.1, -0.05) is 6.92 Å². The summed E-state index contributed by atoms with van der Waals surface area (Å²) in [5, 5.41) is 3.17. The third-order valence-electron chi connectivity index (χ3n) is 3.25. The molecule has 2 rings (SSSR count). The Balaban J connectivity index is 1.83. The van der Waals surface area contributed by atoms with Crippen LogP contribution in [0.3, 0.4) is 0 Å². The van der Waals surface area contributed by atoms with E-state index in [2.05, 4.69) is 5.32 Å². The fraction of sp³-hybridized carbons (Fsp3) is 0.909. The van der Waals surface area contributed by atoms with E-state index in [1.165, 1.54) is 25.7 Å². The molecule has 1 atom stereocenters. The number of carbonyl (C=O) groups is 1. The molecule has 2 aliphatic rings. The van der Waals surface area contributed by atoms with Gasteiger partial charge in [0.15, 0.2) is 0 Å². The van der Waals surface area contributed by atoms with E-state index >= 15 is 0 Å². The standard InChI is InChI=1S/C11H18ClNO/c1-7(6-12)11(14)13-10(8-2-3-8)9-4-5-9/h7-10H,2-6H2,1H3,(H,13,14). The second-order valence-electron chi connectivity index (χ2n) is 4.76. The molecule has 1 amide bonds. The number of nitrogens with one attached hydrogen (secondary N) is 1. The van der Waals surface area contributed by atoms with Gasteiger partial charge in [-0.3, -0.25) is 4.79 Å². The maximum Gasteiger partial charge on any atom is 0.224 e. The van der Waals surface area contributed by atoms with Gasteiger partial charge in [-0.2, -0.15) is 0 Å². The molecule has 0 aromatic rings. The van der Waals surface area contributed by atoms with Crippen LogP contribution in [0.4, 0.5) is 0 Å². The Morgan fingerprint density at radius 1 is 1.36 bits per heavy atom. The highest BCUT2D eigenvalue weighted by Crippen LogP contribution is 2.44. The highest BCUT2D eigenvalue weighted by atomic mass is 35.5. The first-order valence-corrected chi connectivity index (χ1v) is 6.12. The third kappa shape index (κ3) is 2.41. The van der Waals surface area contributed by atoms with E-state index < -0.39 is 0 Å². The smallest absolute Gasteiger partial charge is 0.224 e. The molecule has 0 bridgehead atoms. The van der Waals surface area contributed by atoms with E-state index in [1.54, 1.807) is 0 Å². The van der Waals surface area contributed by atoms with Gasteiger partial charge in [0, 0.05) is 17.8 Å². The van der Waals surface area contributed by atoms with Crippen molar-refractivity contribution in [3.8, 4) is 0 Å². The average molecular weight is 216 g/mol. The van der Waals surface area contributed by atoms with Gasteiger partial charge >= 0.3 is 0 Å². The topological polar surface area (TPSA) is 29.1 Å². The number of halogens is 1. The predicted molar refractivity (Wildman–Crippen MR) is 57.3 cm³/mol. The Bertz CT molecular complexity index is 211. The Kier molecular flexibility index (Phi) is 3.01. The molecule has 0 aromatic carbocycles. The zero-order chi connectivity index (χ0) is 10.1. The first kappa shape index (κ1) is 10.3. The highest BCUT2D eigenvalue weighted by Gasteiger charge is 2.42. The van der Waals surface area contributed by atoms with E-state index in [0.29, 0.717) is 11.9 Å². The second-order valence-corrected chi connectivity index (χ2v) is 5.07. The van der Waals surface area contributed by atoms with Crippen molar-refractivity contribution in [3.05, 3.63) is 0 Å². The van der Waals surface area contributed by atoms with Crippen molar-refractivity contribution in [2.75, 3.05) is 5.88 Å². The molecule has 0 radical (unpaired) electrons. The molecular weight excluding hydrogens is 198 g/mol. The molecule has 0 saturated heterocycles. The van der Waals surface area contributed by atoms with E-state index in [0.717, 1.165) is 11.8 Å². The molecule has 2 fully saturated rings. The van der Waals surface area contributed by atoms with Crippen LogP contribution >= 0.6 is 11.6 Å². The number of rotatable bonds is 5. The van der Waals surface area contributed by atoms with Crippen molar-refractivity contribution in [2.45, 2.75) is 38.6 Å². The maximum atomic E-state index is 11.7. The number of hydrogen-bond acceptors (Lipinski definition) is 1. The largest absolute Gasteiger partial charge is 0.353 e.